The van der Waals surface area contributed by atoms with Crippen molar-refractivity contribution in [2.24, 2.45) is 4.99 Å². The van der Waals surface area contributed by atoms with E-state index in [1.54, 1.807) is 7.05 Å². The summed E-state index contributed by atoms with van der Waals surface area (Å²) in [6.07, 6.45) is 1.49. The fraction of sp³-hybridized carbons (Fsp3) is 0.579. The van der Waals surface area contributed by atoms with Crippen molar-refractivity contribution in [2.75, 3.05) is 26.7 Å². The third-order valence-electron chi connectivity index (χ3n) is 4.81. The van der Waals surface area contributed by atoms with Gasteiger partial charge in [-0.1, -0.05) is 50.0 Å². The first-order chi connectivity index (χ1) is 12.3. The number of hydrogen-bond acceptors (Lipinski definition) is 2. The van der Waals surface area contributed by atoms with E-state index in [0.29, 0.717) is 23.0 Å². The van der Waals surface area contributed by atoms with Crippen molar-refractivity contribution in [1.82, 2.24) is 15.5 Å². The van der Waals surface area contributed by atoms with Gasteiger partial charge < -0.3 is 15.5 Å². The predicted molar refractivity (Wildman–Crippen MR) is 125 cm³/mol. The maximum Gasteiger partial charge on any atom is 0.222 e. The van der Waals surface area contributed by atoms with Crippen molar-refractivity contribution in [3.63, 3.8) is 0 Å². The molecule has 0 saturated carbocycles. The molecule has 1 aromatic rings. The number of carbonyl (C=O) groups is 1. The summed E-state index contributed by atoms with van der Waals surface area (Å²) in [7, 11) is 1.76. The van der Waals surface area contributed by atoms with Crippen LogP contribution in [0, 0.1) is 0 Å². The second-order valence-corrected chi connectivity index (χ2v) is 8.08. The number of guanidine groups is 1. The number of nitrogens with zero attached hydrogens (tertiary/aromatic N) is 2. The van der Waals surface area contributed by atoms with E-state index in [2.05, 4.69) is 29.5 Å². The van der Waals surface area contributed by atoms with Gasteiger partial charge in [0.1, 0.15) is 0 Å². The molecule has 152 valence electrons. The number of aliphatic imine (C=N–C) groups is 1. The molecular weight excluding hydrogens is 498 g/mol. The highest BCUT2D eigenvalue weighted by Gasteiger charge is 2.27. The van der Waals surface area contributed by atoms with E-state index in [9.17, 15) is 4.79 Å². The number of hydrogen-bond donors (Lipinski definition) is 2. The summed E-state index contributed by atoms with van der Waals surface area (Å²) >= 11 is 12.2. The molecule has 0 radical (unpaired) electrons. The molecule has 2 N–H and O–H groups in total. The minimum absolute atomic E-state index is 0. The van der Waals surface area contributed by atoms with E-state index in [1.165, 1.54) is 0 Å². The molecular formula is C19H29Cl2IN4O. The SMILES string of the molecule is CCC(=O)N1CCC(NC(=NC)NCC(C)(C)c2ccc(Cl)c(Cl)c2)C1.I. The molecule has 0 aliphatic carbocycles. The Morgan fingerprint density at radius 3 is 2.63 bits per heavy atom. The van der Waals surface area contributed by atoms with Crippen LogP contribution in [0.2, 0.25) is 10.0 Å². The van der Waals surface area contributed by atoms with Crippen LogP contribution < -0.4 is 10.6 Å². The van der Waals surface area contributed by atoms with Crippen molar-refractivity contribution in [1.29, 1.82) is 0 Å². The van der Waals surface area contributed by atoms with E-state index < -0.39 is 0 Å². The van der Waals surface area contributed by atoms with Crippen LogP contribution in [0.15, 0.2) is 23.2 Å². The normalized spacial score (nSPS) is 17.5. The van der Waals surface area contributed by atoms with Crippen LogP contribution in [0.25, 0.3) is 0 Å². The van der Waals surface area contributed by atoms with Gasteiger partial charge in [-0.25, -0.2) is 0 Å². The third kappa shape index (κ3) is 6.68. The monoisotopic (exact) mass is 526 g/mol. The lowest BCUT2D eigenvalue weighted by atomic mass is 9.84. The van der Waals surface area contributed by atoms with Crippen LogP contribution >= 0.6 is 47.2 Å². The lowest BCUT2D eigenvalue weighted by Crippen LogP contribution is -2.48. The molecule has 1 aromatic carbocycles. The van der Waals surface area contributed by atoms with Gasteiger partial charge in [-0.3, -0.25) is 9.79 Å². The second-order valence-electron chi connectivity index (χ2n) is 7.26. The molecule has 1 aliphatic heterocycles. The Bertz CT molecular complexity index is 682. The molecule has 1 saturated heterocycles. The van der Waals surface area contributed by atoms with Crippen LogP contribution in [-0.4, -0.2) is 49.5 Å². The molecule has 1 heterocycles. The van der Waals surface area contributed by atoms with Crippen molar-refractivity contribution in [3.8, 4) is 0 Å². The standard InChI is InChI=1S/C19H28Cl2N4O.HI/c1-5-17(26)25-9-8-14(11-25)24-18(22-4)23-12-19(2,3)13-6-7-15(20)16(21)10-13;/h6-7,10,14H,5,8-9,11-12H2,1-4H3,(H2,22,23,24);1H. The van der Waals surface area contributed by atoms with Gasteiger partial charge in [0.05, 0.1) is 10.0 Å². The number of likely N-dealkylation sites (tertiary alicyclic amines) is 1. The van der Waals surface area contributed by atoms with E-state index in [0.717, 1.165) is 31.0 Å². The Morgan fingerprint density at radius 1 is 1.33 bits per heavy atom. The molecule has 1 unspecified atom stereocenters. The summed E-state index contributed by atoms with van der Waals surface area (Å²) < 4.78 is 0. The maximum atomic E-state index is 11.8. The smallest absolute Gasteiger partial charge is 0.222 e. The third-order valence-corrected chi connectivity index (χ3v) is 5.55. The summed E-state index contributed by atoms with van der Waals surface area (Å²) in [6, 6.07) is 5.96. The number of halogens is 3. The highest BCUT2D eigenvalue weighted by molar-refractivity contribution is 14.0. The Hall–Kier alpha value is -0.730. The number of benzene rings is 1. The Morgan fingerprint density at radius 2 is 2.04 bits per heavy atom. The number of amides is 1. The molecule has 1 aliphatic rings. The van der Waals surface area contributed by atoms with Gasteiger partial charge in [0, 0.05) is 44.6 Å². The summed E-state index contributed by atoms with van der Waals surface area (Å²) in [4.78, 5) is 18.0. The molecule has 0 aromatic heterocycles. The van der Waals surface area contributed by atoms with Crippen molar-refractivity contribution in [2.45, 2.75) is 45.1 Å². The van der Waals surface area contributed by atoms with E-state index >= 15 is 0 Å². The average Bonchev–Trinajstić information content (AvgIpc) is 3.08. The highest BCUT2D eigenvalue weighted by atomic mass is 127. The molecule has 1 amide bonds. The van der Waals surface area contributed by atoms with E-state index in [1.807, 2.05) is 30.0 Å². The molecule has 0 bridgehead atoms. The summed E-state index contributed by atoms with van der Waals surface area (Å²) in [6.45, 7) is 8.40. The number of nitrogens with one attached hydrogen (secondary N) is 2. The van der Waals surface area contributed by atoms with Gasteiger partial charge in [-0.2, -0.15) is 0 Å². The quantitative estimate of drug-likeness (QED) is 0.345. The maximum absolute atomic E-state index is 11.8. The van der Waals surface area contributed by atoms with Crippen molar-refractivity contribution >= 4 is 59.0 Å². The molecule has 0 spiro atoms. The topological polar surface area (TPSA) is 56.7 Å². The van der Waals surface area contributed by atoms with Crippen molar-refractivity contribution in [3.05, 3.63) is 33.8 Å². The van der Waals surface area contributed by atoms with E-state index in [-0.39, 0.29) is 41.3 Å². The minimum atomic E-state index is -0.147. The molecule has 27 heavy (non-hydrogen) atoms. The Kier molecular flexibility index (Phi) is 9.65. The zero-order chi connectivity index (χ0) is 19.3. The van der Waals surface area contributed by atoms with E-state index in [4.69, 9.17) is 23.2 Å². The fourth-order valence-electron chi connectivity index (χ4n) is 3.04. The highest BCUT2D eigenvalue weighted by Crippen LogP contribution is 2.29. The lowest BCUT2D eigenvalue weighted by Gasteiger charge is -2.28. The Labute approximate surface area is 189 Å². The zero-order valence-electron chi connectivity index (χ0n) is 16.3. The van der Waals surface area contributed by atoms with Crippen LogP contribution in [0.3, 0.4) is 0 Å². The van der Waals surface area contributed by atoms with Crippen molar-refractivity contribution < 1.29 is 4.79 Å². The number of rotatable bonds is 5. The first kappa shape index (κ1) is 24.3. The van der Waals surface area contributed by atoms with Gasteiger partial charge in [-0.05, 0) is 24.1 Å². The number of carbonyl (C=O) groups excluding carboxylic acids is 1. The summed E-state index contributed by atoms with van der Waals surface area (Å²) in [5.41, 5.74) is 0.960. The molecule has 5 nitrogen and oxygen atoms in total. The van der Waals surface area contributed by atoms with Crippen LogP contribution in [0.5, 0.6) is 0 Å². The predicted octanol–water partition coefficient (Wildman–Crippen LogP) is 4.06. The first-order valence-electron chi connectivity index (χ1n) is 8.97. The summed E-state index contributed by atoms with van der Waals surface area (Å²) in [5.74, 6) is 0.951. The molecule has 8 heteroatoms. The van der Waals surface area contributed by atoms with Gasteiger partial charge in [0.15, 0.2) is 5.96 Å². The first-order valence-corrected chi connectivity index (χ1v) is 9.73. The Balaban J connectivity index is 0.00000364. The van der Waals surface area contributed by atoms with Crippen LogP contribution in [0.1, 0.15) is 39.2 Å². The molecule has 1 atom stereocenters. The fourth-order valence-corrected chi connectivity index (χ4v) is 3.34. The molecule has 1 fully saturated rings. The minimum Gasteiger partial charge on any atom is -0.356 e. The average molecular weight is 527 g/mol. The largest absolute Gasteiger partial charge is 0.356 e. The summed E-state index contributed by atoms with van der Waals surface area (Å²) in [5, 5.41) is 7.92. The van der Waals surface area contributed by atoms with Gasteiger partial charge in [-0.15, -0.1) is 24.0 Å². The van der Waals surface area contributed by atoms with Crippen LogP contribution in [-0.2, 0) is 10.2 Å². The van der Waals surface area contributed by atoms with Gasteiger partial charge in [0.2, 0.25) is 5.91 Å². The van der Waals surface area contributed by atoms with Gasteiger partial charge in [0.25, 0.3) is 0 Å². The zero-order valence-corrected chi connectivity index (χ0v) is 20.2. The lowest BCUT2D eigenvalue weighted by molar-refractivity contribution is -0.129. The van der Waals surface area contributed by atoms with Gasteiger partial charge >= 0.3 is 0 Å². The molecule has 2 rings (SSSR count). The van der Waals surface area contributed by atoms with Crippen LogP contribution in [0.4, 0.5) is 0 Å². The second kappa shape index (κ2) is 10.7.